The van der Waals surface area contributed by atoms with Crippen LogP contribution in [0, 0.1) is 0 Å². The van der Waals surface area contributed by atoms with Crippen LogP contribution < -0.4 is 14.8 Å². The molecule has 0 saturated carbocycles. The van der Waals surface area contributed by atoms with Crippen LogP contribution in [0.3, 0.4) is 0 Å². The minimum Gasteiger partial charge on any atom is -0.497 e. The number of methoxy groups -OCH3 is 2. The number of hydrogen-bond donors (Lipinski definition) is 1. The number of ether oxygens (including phenoxy) is 2. The normalized spacial score (nSPS) is 10.7. The molecule has 0 fully saturated rings. The molecule has 2 aromatic carbocycles. The summed E-state index contributed by atoms with van der Waals surface area (Å²) < 4.78 is 10.4. The molecule has 3 rings (SSSR count). The Balaban J connectivity index is 1.70. The number of benzene rings is 2. The van der Waals surface area contributed by atoms with Gasteiger partial charge in [-0.2, -0.15) is 0 Å². The molecule has 1 aromatic heterocycles. The van der Waals surface area contributed by atoms with E-state index < -0.39 is 0 Å². The number of carbonyl (C=O) groups excluding carboxylic acids is 2. The van der Waals surface area contributed by atoms with Gasteiger partial charge in [0.25, 0.3) is 0 Å². The van der Waals surface area contributed by atoms with Crippen LogP contribution in [0.25, 0.3) is 11.3 Å². The fourth-order valence-corrected chi connectivity index (χ4v) is 4.65. The van der Waals surface area contributed by atoms with Crippen molar-refractivity contribution < 1.29 is 19.1 Å². The summed E-state index contributed by atoms with van der Waals surface area (Å²) in [6.07, 6.45) is 1.80. The first-order chi connectivity index (χ1) is 15.9. The number of aryl methyl sites for hydroxylation is 1. The highest BCUT2D eigenvalue weighted by atomic mass is 35.5. The van der Waals surface area contributed by atoms with Gasteiger partial charge in [-0.15, -0.1) is 11.3 Å². The van der Waals surface area contributed by atoms with Crippen molar-refractivity contribution in [3.05, 3.63) is 56.9 Å². The zero-order valence-corrected chi connectivity index (χ0v) is 20.9. The topological polar surface area (TPSA) is 77.5 Å². The molecular formula is C24H24Cl2N2O4S. The molecule has 0 unspecified atom stereocenters. The number of nitrogens with zero attached hydrogens (tertiary/aromatic N) is 1. The van der Waals surface area contributed by atoms with E-state index in [9.17, 15) is 9.59 Å². The minimum absolute atomic E-state index is 0.0179. The summed E-state index contributed by atoms with van der Waals surface area (Å²) in [7, 11) is 3.02. The molecule has 0 aliphatic carbocycles. The van der Waals surface area contributed by atoms with Crippen molar-refractivity contribution in [2.24, 2.45) is 0 Å². The predicted octanol–water partition coefficient (Wildman–Crippen LogP) is 6.69. The summed E-state index contributed by atoms with van der Waals surface area (Å²) in [6, 6.07) is 10.3. The van der Waals surface area contributed by atoms with Gasteiger partial charge in [0.2, 0.25) is 5.91 Å². The first-order valence-electron chi connectivity index (χ1n) is 10.4. The molecule has 0 bridgehead atoms. The van der Waals surface area contributed by atoms with E-state index >= 15 is 0 Å². The minimum atomic E-state index is -0.289. The number of aromatic nitrogens is 1. The summed E-state index contributed by atoms with van der Waals surface area (Å²) >= 11 is 13.6. The Bertz CT molecular complexity index is 1160. The van der Waals surface area contributed by atoms with Crippen molar-refractivity contribution >= 4 is 51.4 Å². The lowest BCUT2D eigenvalue weighted by atomic mass is 10.0. The second kappa shape index (κ2) is 11.5. The van der Waals surface area contributed by atoms with Crippen LogP contribution in [0.5, 0.6) is 11.5 Å². The highest BCUT2D eigenvalue weighted by Gasteiger charge is 2.18. The van der Waals surface area contributed by atoms with Crippen LogP contribution in [-0.4, -0.2) is 30.9 Å². The molecule has 1 amide bonds. The molecule has 174 valence electrons. The standard InChI is InChI=1S/C24H24Cl2N2O4S/c1-4-5-21-23(14-6-8-17(25)18(26)12-14)28-24(33-21)27-22(30)11-9-19(29)16-13-15(31-2)7-10-20(16)32-3/h6-8,10,12-13H,4-5,9,11H2,1-3H3,(H,27,28,30). The fourth-order valence-electron chi connectivity index (χ4n) is 3.25. The Morgan fingerprint density at radius 1 is 1.03 bits per heavy atom. The van der Waals surface area contributed by atoms with Crippen LogP contribution in [-0.2, 0) is 11.2 Å². The van der Waals surface area contributed by atoms with Crippen molar-refractivity contribution in [2.45, 2.75) is 32.6 Å². The van der Waals surface area contributed by atoms with Crippen molar-refractivity contribution in [2.75, 3.05) is 19.5 Å². The lowest BCUT2D eigenvalue weighted by molar-refractivity contribution is -0.116. The first kappa shape index (κ1) is 25.0. The van der Waals surface area contributed by atoms with Gasteiger partial charge in [-0.1, -0.05) is 42.6 Å². The van der Waals surface area contributed by atoms with E-state index in [-0.39, 0.29) is 24.5 Å². The molecule has 0 saturated heterocycles. The number of carbonyl (C=O) groups is 2. The zero-order valence-electron chi connectivity index (χ0n) is 18.5. The molecule has 33 heavy (non-hydrogen) atoms. The predicted molar refractivity (Wildman–Crippen MR) is 133 cm³/mol. The van der Waals surface area contributed by atoms with Crippen molar-refractivity contribution in [3.8, 4) is 22.8 Å². The van der Waals surface area contributed by atoms with E-state index in [1.165, 1.54) is 25.6 Å². The molecular weight excluding hydrogens is 483 g/mol. The van der Waals surface area contributed by atoms with Gasteiger partial charge in [-0.25, -0.2) is 4.98 Å². The Morgan fingerprint density at radius 3 is 2.48 bits per heavy atom. The number of hydrogen-bond acceptors (Lipinski definition) is 6. The number of nitrogens with one attached hydrogen (secondary N) is 1. The molecule has 6 nitrogen and oxygen atoms in total. The van der Waals surface area contributed by atoms with Crippen LogP contribution >= 0.6 is 34.5 Å². The molecule has 1 N–H and O–H groups in total. The third kappa shape index (κ3) is 6.25. The van der Waals surface area contributed by atoms with Crippen LogP contribution in [0.4, 0.5) is 5.13 Å². The SMILES string of the molecule is CCCc1sc(NC(=O)CCC(=O)c2cc(OC)ccc2OC)nc1-c1ccc(Cl)c(Cl)c1. The summed E-state index contributed by atoms with van der Waals surface area (Å²) in [5.74, 6) is 0.493. The third-order valence-electron chi connectivity index (χ3n) is 4.90. The molecule has 0 spiro atoms. The van der Waals surface area contributed by atoms with Crippen molar-refractivity contribution in [1.82, 2.24) is 4.98 Å². The monoisotopic (exact) mass is 506 g/mol. The number of Topliss-reactive ketones (excluding diaryl/α,β-unsaturated/α-hetero) is 1. The second-order valence-corrected chi connectivity index (χ2v) is 9.11. The number of halogens is 2. The molecule has 0 aliphatic rings. The van der Waals surface area contributed by atoms with Gasteiger partial charge in [0, 0.05) is 23.3 Å². The first-order valence-corrected chi connectivity index (χ1v) is 11.9. The number of rotatable bonds is 10. The van der Waals surface area contributed by atoms with Crippen molar-refractivity contribution in [1.29, 1.82) is 0 Å². The lowest BCUT2D eigenvalue weighted by Gasteiger charge is -2.09. The van der Waals surface area contributed by atoms with Crippen LogP contribution in [0.1, 0.15) is 41.4 Å². The maximum atomic E-state index is 12.7. The Hall–Kier alpha value is -2.61. The molecule has 0 radical (unpaired) electrons. The van der Waals surface area contributed by atoms with Crippen molar-refractivity contribution in [3.63, 3.8) is 0 Å². The highest BCUT2D eigenvalue weighted by molar-refractivity contribution is 7.16. The highest BCUT2D eigenvalue weighted by Crippen LogP contribution is 2.35. The fraction of sp³-hybridized carbons (Fsp3) is 0.292. The van der Waals surface area contributed by atoms with E-state index in [4.69, 9.17) is 32.7 Å². The van der Waals surface area contributed by atoms with E-state index in [1.54, 1.807) is 30.3 Å². The number of amides is 1. The molecule has 0 atom stereocenters. The van der Waals surface area contributed by atoms with Gasteiger partial charge in [0.15, 0.2) is 10.9 Å². The largest absolute Gasteiger partial charge is 0.497 e. The van der Waals surface area contributed by atoms with Crippen LogP contribution in [0.15, 0.2) is 36.4 Å². The molecule has 9 heteroatoms. The van der Waals surface area contributed by atoms with Gasteiger partial charge in [-0.3, -0.25) is 9.59 Å². The van der Waals surface area contributed by atoms with Gasteiger partial charge in [-0.05, 0) is 36.8 Å². The van der Waals surface area contributed by atoms with E-state index in [2.05, 4.69) is 17.2 Å². The Morgan fingerprint density at radius 2 is 1.82 bits per heavy atom. The second-order valence-electron chi connectivity index (χ2n) is 7.21. The van der Waals surface area contributed by atoms with Crippen LogP contribution in [0.2, 0.25) is 10.0 Å². The van der Waals surface area contributed by atoms with Gasteiger partial charge >= 0.3 is 0 Å². The number of ketones is 1. The third-order valence-corrected chi connectivity index (χ3v) is 6.67. The molecule has 1 heterocycles. The van der Waals surface area contributed by atoms with Gasteiger partial charge in [0.1, 0.15) is 11.5 Å². The summed E-state index contributed by atoms with van der Waals surface area (Å²) in [6.45, 7) is 2.08. The zero-order chi connectivity index (χ0) is 24.0. The molecule has 3 aromatic rings. The number of anilines is 1. The van der Waals surface area contributed by atoms with E-state index in [0.29, 0.717) is 32.2 Å². The molecule has 0 aliphatic heterocycles. The van der Waals surface area contributed by atoms with Gasteiger partial charge in [0.05, 0.1) is 35.5 Å². The smallest absolute Gasteiger partial charge is 0.226 e. The number of thiazole rings is 1. The quantitative estimate of drug-likeness (QED) is 0.310. The Labute approximate surface area is 206 Å². The maximum Gasteiger partial charge on any atom is 0.226 e. The summed E-state index contributed by atoms with van der Waals surface area (Å²) in [4.78, 5) is 30.9. The average Bonchev–Trinajstić information content (AvgIpc) is 3.21. The summed E-state index contributed by atoms with van der Waals surface area (Å²) in [5, 5.41) is 4.22. The maximum absolute atomic E-state index is 12.7. The Kier molecular flexibility index (Phi) is 8.72. The average molecular weight is 507 g/mol. The van der Waals surface area contributed by atoms with Gasteiger partial charge < -0.3 is 14.8 Å². The van der Waals surface area contributed by atoms with E-state index in [0.717, 1.165) is 29.0 Å². The van der Waals surface area contributed by atoms with E-state index in [1.807, 2.05) is 6.07 Å². The lowest BCUT2D eigenvalue weighted by Crippen LogP contribution is -2.13. The summed E-state index contributed by atoms with van der Waals surface area (Å²) in [5.41, 5.74) is 1.99.